The van der Waals surface area contributed by atoms with Gasteiger partial charge in [-0.05, 0) is 17.7 Å². The summed E-state index contributed by atoms with van der Waals surface area (Å²) in [5, 5.41) is 3.78. The fourth-order valence-corrected chi connectivity index (χ4v) is 1.84. The lowest BCUT2D eigenvalue weighted by Crippen LogP contribution is -2.29. The molecule has 1 aromatic heterocycles. The number of carbonyl (C=O) groups excluding carboxylic acids is 1. The van der Waals surface area contributed by atoms with Crippen LogP contribution in [0.15, 0.2) is 41.5 Å². The zero-order valence-corrected chi connectivity index (χ0v) is 11.0. The van der Waals surface area contributed by atoms with Gasteiger partial charge in [0.1, 0.15) is 0 Å². The average molecular weight is 271 g/mol. The first-order chi connectivity index (χ1) is 9.65. The number of para-hydroxylation sites is 1. The Balaban J connectivity index is 1.91. The number of hydrogen-bond donors (Lipinski definition) is 3. The van der Waals surface area contributed by atoms with Gasteiger partial charge in [-0.25, -0.2) is 0 Å². The minimum atomic E-state index is -0.0760. The number of pyridine rings is 1. The number of guanidine groups is 1. The van der Waals surface area contributed by atoms with Gasteiger partial charge in [0, 0.05) is 18.1 Å². The van der Waals surface area contributed by atoms with E-state index in [0.717, 1.165) is 16.5 Å². The lowest BCUT2D eigenvalue weighted by atomic mass is 10.1. The number of fused-ring (bicyclic) bond motifs is 1. The fourth-order valence-electron chi connectivity index (χ4n) is 1.84. The molecule has 0 atom stereocenters. The molecule has 0 bridgehead atoms. The molecular formula is C14H17N5O. The van der Waals surface area contributed by atoms with Crippen molar-refractivity contribution in [2.24, 2.45) is 16.5 Å². The quantitative estimate of drug-likeness (QED) is 0.409. The van der Waals surface area contributed by atoms with Crippen molar-refractivity contribution in [2.75, 3.05) is 13.1 Å². The maximum Gasteiger partial charge on any atom is 0.224 e. The summed E-state index contributed by atoms with van der Waals surface area (Å²) in [6.45, 7) is 0.793. The molecule has 1 aromatic carbocycles. The molecule has 0 unspecified atom stereocenters. The summed E-state index contributed by atoms with van der Waals surface area (Å²) in [4.78, 5) is 19.9. The van der Waals surface area contributed by atoms with E-state index in [9.17, 15) is 4.79 Å². The molecule has 0 aliphatic heterocycles. The lowest BCUT2D eigenvalue weighted by molar-refractivity contribution is -0.120. The lowest BCUT2D eigenvalue weighted by Gasteiger charge is -2.05. The van der Waals surface area contributed by atoms with Gasteiger partial charge in [0.15, 0.2) is 5.96 Å². The van der Waals surface area contributed by atoms with Crippen LogP contribution in [0.3, 0.4) is 0 Å². The molecular weight excluding hydrogens is 254 g/mol. The van der Waals surface area contributed by atoms with Gasteiger partial charge in [0.2, 0.25) is 5.91 Å². The Hall–Kier alpha value is -2.63. The molecule has 0 aliphatic rings. The van der Waals surface area contributed by atoms with Gasteiger partial charge in [-0.15, -0.1) is 0 Å². The maximum absolute atomic E-state index is 11.7. The van der Waals surface area contributed by atoms with Crippen molar-refractivity contribution in [2.45, 2.75) is 6.42 Å². The van der Waals surface area contributed by atoms with Crippen molar-refractivity contribution in [3.63, 3.8) is 0 Å². The van der Waals surface area contributed by atoms with Crippen LogP contribution >= 0.6 is 0 Å². The molecule has 0 spiro atoms. The first-order valence-electron chi connectivity index (χ1n) is 6.31. The zero-order chi connectivity index (χ0) is 14.4. The summed E-state index contributed by atoms with van der Waals surface area (Å²) in [7, 11) is 0. The molecule has 6 heteroatoms. The molecule has 2 aromatic rings. The Morgan fingerprint density at radius 1 is 1.30 bits per heavy atom. The van der Waals surface area contributed by atoms with Gasteiger partial charge in [0.05, 0.1) is 18.5 Å². The van der Waals surface area contributed by atoms with E-state index in [1.165, 1.54) is 0 Å². The number of aromatic nitrogens is 1. The minimum absolute atomic E-state index is 0.0259. The van der Waals surface area contributed by atoms with Crippen molar-refractivity contribution in [1.82, 2.24) is 10.3 Å². The largest absolute Gasteiger partial charge is 0.370 e. The van der Waals surface area contributed by atoms with E-state index in [-0.39, 0.29) is 11.9 Å². The van der Waals surface area contributed by atoms with Crippen LogP contribution in [-0.4, -0.2) is 29.9 Å². The number of rotatable bonds is 5. The first kappa shape index (κ1) is 13.8. The predicted octanol–water partition coefficient (Wildman–Crippen LogP) is 0.167. The summed E-state index contributed by atoms with van der Waals surface area (Å²) in [6, 6.07) is 9.77. The number of hydrogen-bond acceptors (Lipinski definition) is 3. The number of carbonyl (C=O) groups is 1. The highest BCUT2D eigenvalue weighted by atomic mass is 16.1. The van der Waals surface area contributed by atoms with Gasteiger partial charge < -0.3 is 16.8 Å². The van der Waals surface area contributed by atoms with Crippen LogP contribution in [0, 0.1) is 0 Å². The molecule has 20 heavy (non-hydrogen) atoms. The van der Waals surface area contributed by atoms with Crippen LogP contribution in [0.4, 0.5) is 0 Å². The van der Waals surface area contributed by atoms with E-state index < -0.39 is 0 Å². The molecule has 0 aliphatic carbocycles. The highest BCUT2D eigenvalue weighted by molar-refractivity contribution is 5.82. The summed E-state index contributed by atoms with van der Waals surface area (Å²) in [5.74, 6) is -0.0501. The summed E-state index contributed by atoms with van der Waals surface area (Å²) in [5.41, 5.74) is 12.2. The van der Waals surface area contributed by atoms with E-state index in [1.54, 1.807) is 6.20 Å². The minimum Gasteiger partial charge on any atom is -0.370 e. The van der Waals surface area contributed by atoms with E-state index in [1.807, 2.05) is 30.3 Å². The Kier molecular flexibility index (Phi) is 4.49. The molecule has 6 nitrogen and oxygen atoms in total. The molecule has 0 fully saturated rings. The summed E-state index contributed by atoms with van der Waals surface area (Å²) >= 11 is 0. The number of nitrogens with zero attached hydrogens (tertiary/aromatic N) is 2. The Bertz CT molecular complexity index is 634. The molecule has 0 saturated carbocycles. The standard InChI is InChI=1S/C14H17N5O/c15-14(16)18-6-5-17-13(20)8-10-7-11-3-1-2-4-12(11)19-9-10/h1-4,7,9H,5-6,8H2,(H,17,20)(H4,15,16,18). The van der Waals surface area contributed by atoms with Gasteiger partial charge in [0.25, 0.3) is 0 Å². The Labute approximate surface area is 116 Å². The van der Waals surface area contributed by atoms with Gasteiger partial charge in [-0.2, -0.15) is 0 Å². The predicted molar refractivity (Wildman–Crippen MR) is 79.1 cm³/mol. The number of aliphatic imine (C=N–C) groups is 1. The molecule has 0 saturated heterocycles. The second-order valence-corrected chi connectivity index (χ2v) is 4.37. The van der Waals surface area contributed by atoms with E-state index in [2.05, 4.69) is 15.3 Å². The number of nitrogens with two attached hydrogens (primary N) is 2. The molecule has 1 amide bonds. The second-order valence-electron chi connectivity index (χ2n) is 4.37. The van der Waals surface area contributed by atoms with Gasteiger partial charge in [-0.1, -0.05) is 18.2 Å². The summed E-state index contributed by atoms with van der Waals surface area (Å²) in [6.07, 6.45) is 2.01. The third kappa shape index (κ3) is 3.94. The van der Waals surface area contributed by atoms with E-state index >= 15 is 0 Å². The fraction of sp³-hybridized carbons (Fsp3) is 0.214. The molecule has 0 radical (unpaired) electrons. The number of nitrogens with one attached hydrogen (secondary N) is 1. The molecule has 1 heterocycles. The number of amides is 1. The second kappa shape index (κ2) is 6.51. The van der Waals surface area contributed by atoms with Crippen LogP contribution in [0.25, 0.3) is 10.9 Å². The normalized spacial score (nSPS) is 10.2. The smallest absolute Gasteiger partial charge is 0.224 e. The number of benzene rings is 1. The topological polar surface area (TPSA) is 106 Å². The molecule has 104 valence electrons. The Morgan fingerprint density at radius 2 is 2.10 bits per heavy atom. The third-order valence-electron chi connectivity index (χ3n) is 2.74. The first-order valence-corrected chi connectivity index (χ1v) is 6.31. The van der Waals surface area contributed by atoms with Crippen molar-refractivity contribution in [3.8, 4) is 0 Å². The van der Waals surface area contributed by atoms with Crippen molar-refractivity contribution < 1.29 is 4.79 Å². The molecule has 5 N–H and O–H groups in total. The van der Waals surface area contributed by atoms with Crippen LogP contribution in [0.1, 0.15) is 5.56 Å². The monoisotopic (exact) mass is 271 g/mol. The Morgan fingerprint density at radius 3 is 2.90 bits per heavy atom. The molecule has 2 rings (SSSR count). The van der Waals surface area contributed by atoms with Gasteiger partial charge >= 0.3 is 0 Å². The average Bonchev–Trinajstić information content (AvgIpc) is 2.43. The van der Waals surface area contributed by atoms with Gasteiger partial charge in [-0.3, -0.25) is 14.8 Å². The van der Waals surface area contributed by atoms with Crippen LogP contribution in [0.2, 0.25) is 0 Å². The van der Waals surface area contributed by atoms with Crippen molar-refractivity contribution >= 4 is 22.8 Å². The van der Waals surface area contributed by atoms with E-state index in [0.29, 0.717) is 19.5 Å². The van der Waals surface area contributed by atoms with Crippen LogP contribution in [0.5, 0.6) is 0 Å². The van der Waals surface area contributed by atoms with Crippen LogP contribution < -0.4 is 16.8 Å². The van der Waals surface area contributed by atoms with Crippen molar-refractivity contribution in [3.05, 3.63) is 42.1 Å². The highest BCUT2D eigenvalue weighted by Gasteiger charge is 2.04. The highest BCUT2D eigenvalue weighted by Crippen LogP contribution is 2.12. The summed E-state index contributed by atoms with van der Waals surface area (Å²) < 4.78 is 0. The van der Waals surface area contributed by atoms with E-state index in [4.69, 9.17) is 11.5 Å². The third-order valence-corrected chi connectivity index (χ3v) is 2.74. The maximum atomic E-state index is 11.7. The van der Waals surface area contributed by atoms with Crippen molar-refractivity contribution in [1.29, 1.82) is 0 Å². The van der Waals surface area contributed by atoms with Crippen LogP contribution in [-0.2, 0) is 11.2 Å². The SMILES string of the molecule is NC(N)=NCCNC(=O)Cc1cnc2ccccc2c1. The zero-order valence-electron chi connectivity index (χ0n) is 11.0.